The van der Waals surface area contributed by atoms with E-state index in [2.05, 4.69) is 40.7 Å². The summed E-state index contributed by atoms with van der Waals surface area (Å²) in [5, 5.41) is 0. The number of aromatic nitrogens is 4. The van der Waals surface area contributed by atoms with E-state index in [1.165, 1.54) is 19.3 Å². The molecule has 0 spiro atoms. The van der Waals surface area contributed by atoms with Crippen molar-refractivity contribution in [2.24, 2.45) is 0 Å². The molecule has 2 aromatic rings. The average molecular weight is 339 g/mol. The number of nitrogens with zero attached hydrogens (tertiary/aromatic N) is 7. The maximum Gasteiger partial charge on any atom is 0.150 e. The Kier molecular flexibility index (Phi) is 4.63. The van der Waals surface area contributed by atoms with Gasteiger partial charge in [0.25, 0.3) is 0 Å². The first-order valence-corrected chi connectivity index (χ1v) is 9.16. The van der Waals surface area contributed by atoms with E-state index >= 15 is 0 Å². The normalized spacial score (nSPS) is 18.5. The summed E-state index contributed by atoms with van der Waals surface area (Å²) >= 11 is 0. The molecule has 2 aromatic heterocycles. The summed E-state index contributed by atoms with van der Waals surface area (Å²) < 4.78 is 0. The summed E-state index contributed by atoms with van der Waals surface area (Å²) in [4.78, 5) is 24.9. The highest BCUT2D eigenvalue weighted by molar-refractivity contribution is 5.52. The van der Waals surface area contributed by atoms with Crippen LogP contribution in [0.1, 0.15) is 25.0 Å². The summed E-state index contributed by atoms with van der Waals surface area (Å²) in [6, 6.07) is 2.15. The van der Waals surface area contributed by atoms with Gasteiger partial charge >= 0.3 is 0 Å². The minimum absolute atomic E-state index is 0.933. The molecule has 2 fully saturated rings. The van der Waals surface area contributed by atoms with Gasteiger partial charge in [-0.3, -0.25) is 4.98 Å². The van der Waals surface area contributed by atoms with Gasteiger partial charge in [-0.15, -0.1) is 0 Å². The molecular formula is C18H25N7. The molecule has 132 valence electrons. The summed E-state index contributed by atoms with van der Waals surface area (Å²) in [5.41, 5.74) is 0.991. The van der Waals surface area contributed by atoms with Crippen molar-refractivity contribution in [3.8, 4) is 0 Å². The standard InChI is InChI=1S/C18H25N7/c1-15-18(20-6-5-19-15)25-11-9-24(10-12-25)17-13-16(21-14-22-17)23-7-3-2-4-8-23/h5-6,13-14H,2-4,7-12H2,1H3. The van der Waals surface area contributed by atoms with E-state index in [1.807, 2.05) is 6.92 Å². The van der Waals surface area contributed by atoms with Gasteiger partial charge in [-0.25, -0.2) is 15.0 Å². The molecule has 0 bridgehead atoms. The second kappa shape index (κ2) is 7.21. The maximum absolute atomic E-state index is 4.51. The number of anilines is 3. The molecule has 4 heterocycles. The fourth-order valence-corrected chi connectivity index (χ4v) is 3.66. The monoisotopic (exact) mass is 339 g/mol. The van der Waals surface area contributed by atoms with Gasteiger partial charge in [0.1, 0.15) is 23.8 Å². The quantitative estimate of drug-likeness (QED) is 0.846. The molecule has 2 aliphatic rings. The first-order chi connectivity index (χ1) is 12.3. The van der Waals surface area contributed by atoms with E-state index in [0.29, 0.717) is 0 Å². The molecule has 0 amide bonds. The Hall–Kier alpha value is -2.44. The molecule has 0 aromatic carbocycles. The molecule has 0 atom stereocenters. The van der Waals surface area contributed by atoms with Gasteiger partial charge in [0.15, 0.2) is 0 Å². The lowest BCUT2D eigenvalue weighted by molar-refractivity contribution is 0.572. The minimum atomic E-state index is 0.933. The Labute approximate surface area is 148 Å². The van der Waals surface area contributed by atoms with E-state index in [0.717, 1.165) is 62.4 Å². The molecule has 7 nitrogen and oxygen atoms in total. The van der Waals surface area contributed by atoms with Crippen LogP contribution in [0.15, 0.2) is 24.8 Å². The Morgan fingerprint density at radius 2 is 1.28 bits per heavy atom. The molecule has 0 unspecified atom stereocenters. The van der Waals surface area contributed by atoms with E-state index < -0.39 is 0 Å². The fraction of sp³-hybridized carbons (Fsp3) is 0.556. The van der Waals surface area contributed by atoms with Crippen LogP contribution in [0.3, 0.4) is 0 Å². The lowest BCUT2D eigenvalue weighted by atomic mass is 10.1. The van der Waals surface area contributed by atoms with Crippen molar-refractivity contribution >= 4 is 17.5 Å². The Morgan fingerprint density at radius 3 is 1.96 bits per heavy atom. The molecular weight excluding hydrogens is 314 g/mol. The van der Waals surface area contributed by atoms with E-state index in [-0.39, 0.29) is 0 Å². The van der Waals surface area contributed by atoms with Crippen molar-refractivity contribution in [3.05, 3.63) is 30.5 Å². The first-order valence-electron chi connectivity index (χ1n) is 9.16. The van der Waals surface area contributed by atoms with E-state index in [1.54, 1.807) is 18.7 Å². The molecule has 7 heteroatoms. The van der Waals surface area contributed by atoms with Crippen molar-refractivity contribution in [1.29, 1.82) is 0 Å². The van der Waals surface area contributed by atoms with Crippen molar-refractivity contribution < 1.29 is 0 Å². The van der Waals surface area contributed by atoms with Crippen molar-refractivity contribution in [1.82, 2.24) is 19.9 Å². The highest BCUT2D eigenvalue weighted by Crippen LogP contribution is 2.23. The number of hydrogen-bond acceptors (Lipinski definition) is 7. The van der Waals surface area contributed by atoms with Crippen LogP contribution in [0.2, 0.25) is 0 Å². The Bertz CT molecular complexity index is 706. The van der Waals surface area contributed by atoms with Gasteiger partial charge in [-0.05, 0) is 26.2 Å². The predicted molar refractivity (Wildman–Crippen MR) is 99.3 cm³/mol. The van der Waals surface area contributed by atoms with Gasteiger partial charge in [-0.1, -0.05) is 0 Å². The van der Waals surface area contributed by atoms with Crippen LogP contribution in [0.25, 0.3) is 0 Å². The molecule has 2 saturated heterocycles. The van der Waals surface area contributed by atoms with Gasteiger partial charge < -0.3 is 14.7 Å². The Balaban J connectivity index is 1.43. The van der Waals surface area contributed by atoms with Crippen LogP contribution >= 0.6 is 0 Å². The average Bonchev–Trinajstić information content (AvgIpc) is 2.69. The highest BCUT2D eigenvalue weighted by atomic mass is 15.3. The van der Waals surface area contributed by atoms with Gasteiger partial charge in [0.05, 0.1) is 5.69 Å². The zero-order valence-electron chi connectivity index (χ0n) is 14.8. The maximum atomic E-state index is 4.51. The molecule has 2 aliphatic heterocycles. The smallest absolute Gasteiger partial charge is 0.150 e. The number of aryl methyl sites for hydroxylation is 1. The number of rotatable bonds is 3. The summed E-state index contributed by atoms with van der Waals surface area (Å²) in [6.07, 6.45) is 9.07. The number of hydrogen-bond donors (Lipinski definition) is 0. The zero-order chi connectivity index (χ0) is 17.1. The van der Waals surface area contributed by atoms with Crippen LogP contribution in [0.4, 0.5) is 17.5 Å². The molecule has 4 rings (SSSR count). The number of piperidine rings is 1. The second-order valence-corrected chi connectivity index (χ2v) is 6.72. The fourth-order valence-electron chi connectivity index (χ4n) is 3.66. The van der Waals surface area contributed by atoms with Crippen LogP contribution in [0.5, 0.6) is 0 Å². The van der Waals surface area contributed by atoms with Gasteiger partial charge in [-0.2, -0.15) is 0 Å². The molecule has 25 heavy (non-hydrogen) atoms. The summed E-state index contributed by atoms with van der Waals surface area (Å²) in [6.45, 7) is 7.97. The summed E-state index contributed by atoms with van der Waals surface area (Å²) in [5.74, 6) is 3.10. The summed E-state index contributed by atoms with van der Waals surface area (Å²) in [7, 11) is 0. The lowest BCUT2D eigenvalue weighted by Gasteiger charge is -2.36. The van der Waals surface area contributed by atoms with Crippen LogP contribution in [-0.4, -0.2) is 59.2 Å². The topological polar surface area (TPSA) is 61.3 Å². The van der Waals surface area contributed by atoms with Crippen LogP contribution in [-0.2, 0) is 0 Å². The highest BCUT2D eigenvalue weighted by Gasteiger charge is 2.21. The van der Waals surface area contributed by atoms with Gasteiger partial charge in [0.2, 0.25) is 0 Å². The third kappa shape index (κ3) is 3.50. The third-order valence-corrected chi connectivity index (χ3v) is 5.08. The third-order valence-electron chi connectivity index (χ3n) is 5.08. The van der Waals surface area contributed by atoms with E-state index in [9.17, 15) is 0 Å². The van der Waals surface area contributed by atoms with Gasteiger partial charge in [0, 0.05) is 57.7 Å². The van der Waals surface area contributed by atoms with Crippen LogP contribution < -0.4 is 14.7 Å². The first kappa shape index (κ1) is 16.1. The van der Waals surface area contributed by atoms with Crippen molar-refractivity contribution in [3.63, 3.8) is 0 Å². The molecule has 0 N–H and O–H groups in total. The number of piperazine rings is 1. The van der Waals surface area contributed by atoms with Crippen molar-refractivity contribution in [2.45, 2.75) is 26.2 Å². The molecule has 0 saturated carbocycles. The lowest BCUT2D eigenvalue weighted by Crippen LogP contribution is -2.47. The van der Waals surface area contributed by atoms with Crippen molar-refractivity contribution in [2.75, 3.05) is 54.0 Å². The largest absolute Gasteiger partial charge is 0.356 e. The molecule has 0 aliphatic carbocycles. The molecule has 0 radical (unpaired) electrons. The predicted octanol–water partition coefficient (Wildman–Crippen LogP) is 1.89. The minimum Gasteiger partial charge on any atom is -0.356 e. The second-order valence-electron chi connectivity index (χ2n) is 6.72. The van der Waals surface area contributed by atoms with Crippen LogP contribution in [0, 0.1) is 6.92 Å². The van der Waals surface area contributed by atoms with E-state index in [4.69, 9.17) is 0 Å². The Morgan fingerprint density at radius 1 is 0.680 bits per heavy atom. The zero-order valence-corrected chi connectivity index (χ0v) is 14.8. The SMILES string of the molecule is Cc1nccnc1N1CCN(c2cc(N3CCCCC3)ncn2)CC1.